The highest BCUT2D eigenvalue weighted by Gasteiger charge is 2.22. The molecule has 0 amide bonds. The van der Waals surface area contributed by atoms with Crippen molar-refractivity contribution in [3.05, 3.63) is 59.2 Å². The molecule has 0 saturated heterocycles. The van der Waals surface area contributed by atoms with Gasteiger partial charge in [0.1, 0.15) is 0 Å². The summed E-state index contributed by atoms with van der Waals surface area (Å²) in [7, 11) is -1.99. The number of aryl methyl sites for hydroxylation is 2. The highest BCUT2D eigenvalue weighted by molar-refractivity contribution is 7.92. The minimum atomic E-state index is -3.56. The van der Waals surface area contributed by atoms with Crippen LogP contribution in [0.1, 0.15) is 16.7 Å². The second-order valence-corrected chi connectivity index (χ2v) is 7.08. The Bertz CT molecular complexity index is 737. The summed E-state index contributed by atoms with van der Waals surface area (Å²) in [5.74, 6) is 0. The molecule has 0 radical (unpaired) electrons. The first-order chi connectivity index (χ1) is 9.86. The number of hydrogen-bond donors (Lipinski definition) is 1. The van der Waals surface area contributed by atoms with Crippen molar-refractivity contribution >= 4 is 15.7 Å². The van der Waals surface area contributed by atoms with Gasteiger partial charge in [0.2, 0.25) is 0 Å². The molecule has 112 valence electrons. The fourth-order valence-corrected chi connectivity index (χ4v) is 3.50. The predicted octanol–water partition coefficient (Wildman–Crippen LogP) is 2.59. The van der Waals surface area contributed by atoms with Crippen molar-refractivity contribution in [3.63, 3.8) is 0 Å². The molecule has 0 fully saturated rings. The zero-order valence-corrected chi connectivity index (χ0v) is 13.3. The molecule has 0 aromatic heterocycles. The molecule has 0 saturated carbocycles. The molecule has 2 rings (SSSR count). The number of anilines is 1. The Morgan fingerprint density at radius 2 is 1.67 bits per heavy atom. The monoisotopic (exact) mass is 304 g/mol. The second kappa shape index (κ2) is 5.87. The minimum absolute atomic E-state index is 0.266. The van der Waals surface area contributed by atoms with Crippen LogP contribution in [0.15, 0.2) is 47.4 Å². The lowest BCUT2D eigenvalue weighted by Crippen LogP contribution is -2.27. The molecule has 0 spiro atoms. The molecule has 5 heteroatoms. The average Bonchev–Trinajstić information content (AvgIpc) is 2.46. The zero-order chi connectivity index (χ0) is 15.6. The van der Waals surface area contributed by atoms with Crippen LogP contribution < -0.4 is 10.0 Å². The van der Waals surface area contributed by atoms with E-state index in [4.69, 9.17) is 5.73 Å². The summed E-state index contributed by atoms with van der Waals surface area (Å²) in [6.45, 7) is 4.29. The van der Waals surface area contributed by atoms with Crippen LogP contribution in [0.25, 0.3) is 0 Å². The van der Waals surface area contributed by atoms with Gasteiger partial charge in [-0.2, -0.15) is 0 Å². The molecule has 2 N–H and O–H groups in total. The Labute approximate surface area is 126 Å². The molecule has 0 aliphatic rings. The van der Waals surface area contributed by atoms with Gasteiger partial charge in [-0.05, 0) is 43.2 Å². The van der Waals surface area contributed by atoms with Gasteiger partial charge in [0.25, 0.3) is 10.0 Å². The van der Waals surface area contributed by atoms with Gasteiger partial charge in [0.15, 0.2) is 0 Å². The molecular weight excluding hydrogens is 284 g/mol. The third kappa shape index (κ3) is 3.09. The van der Waals surface area contributed by atoms with Gasteiger partial charge in [-0.1, -0.05) is 29.8 Å². The summed E-state index contributed by atoms with van der Waals surface area (Å²) in [6, 6.07) is 12.4. The third-order valence-electron chi connectivity index (χ3n) is 3.51. The zero-order valence-electron chi connectivity index (χ0n) is 12.5. The van der Waals surface area contributed by atoms with E-state index in [1.165, 1.54) is 4.31 Å². The van der Waals surface area contributed by atoms with E-state index in [1.807, 2.05) is 32.0 Å². The van der Waals surface area contributed by atoms with Gasteiger partial charge in [0, 0.05) is 13.6 Å². The molecule has 2 aromatic carbocycles. The molecule has 0 heterocycles. The Kier molecular flexibility index (Phi) is 4.34. The summed E-state index contributed by atoms with van der Waals surface area (Å²) in [5.41, 5.74) is 9.16. The van der Waals surface area contributed by atoms with Crippen molar-refractivity contribution in [1.82, 2.24) is 0 Å². The van der Waals surface area contributed by atoms with E-state index in [9.17, 15) is 8.42 Å². The summed E-state index contributed by atoms with van der Waals surface area (Å²) < 4.78 is 26.6. The van der Waals surface area contributed by atoms with Crippen LogP contribution in [-0.4, -0.2) is 15.5 Å². The van der Waals surface area contributed by atoms with Crippen molar-refractivity contribution in [2.75, 3.05) is 11.4 Å². The molecule has 0 aliphatic carbocycles. The standard InChI is InChI=1S/C16H20N2O2S/c1-12-4-9-16(13(2)10-12)18(3)21(19,20)15-7-5-14(11-17)6-8-15/h4-10H,11,17H2,1-3H3. The van der Waals surface area contributed by atoms with E-state index in [0.717, 1.165) is 16.7 Å². The van der Waals surface area contributed by atoms with Crippen LogP contribution in [0.5, 0.6) is 0 Å². The van der Waals surface area contributed by atoms with Gasteiger partial charge < -0.3 is 5.73 Å². The molecule has 0 bridgehead atoms. The summed E-state index contributed by atoms with van der Waals surface area (Å²) >= 11 is 0. The van der Waals surface area contributed by atoms with Gasteiger partial charge in [0.05, 0.1) is 10.6 Å². The van der Waals surface area contributed by atoms with E-state index in [1.54, 1.807) is 31.3 Å². The lowest BCUT2D eigenvalue weighted by Gasteiger charge is -2.22. The Morgan fingerprint density at radius 1 is 1.05 bits per heavy atom. The number of hydrogen-bond acceptors (Lipinski definition) is 3. The lowest BCUT2D eigenvalue weighted by molar-refractivity contribution is 0.594. The van der Waals surface area contributed by atoms with Gasteiger partial charge in [-0.15, -0.1) is 0 Å². The normalized spacial score (nSPS) is 11.4. The summed E-state index contributed by atoms with van der Waals surface area (Å²) in [5, 5.41) is 0. The summed E-state index contributed by atoms with van der Waals surface area (Å²) in [6.07, 6.45) is 0. The topological polar surface area (TPSA) is 63.4 Å². The maximum atomic E-state index is 12.7. The highest BCUT2D eigenvalue weighted by Crippen LogP contribution is 2.26. The van der Waals surface area contributed by atoms with E-state index in [2.05, 4.69) is 0 Å². The van der Waals surface area contributed by atoms with Crippen LogP contribution in [-0.2, 0) is 16.6 Å². The van der Waals surface area contributed by atoms with Crippen LogP contribution >= 0.6 is 0 Å². The number of nitrogens with zero attached hydrogens (tertiary/aromatic N) is 1. The second-order valence-electron chi connectivity index (χ2n) is 5.11. The van der Waals surface area contributed by atoms with Crippen molar-refractivity contribution in [1.29, 1.82) is 0 Å². The maximum absolute atomic E-state index is 12.7. The molecule has 2 aromatic rings. The van der Waals surface area contributed by atoms with Crippen molar-refractivity contribution < 1.29 is 8.42 Å². The number of nitrogens with two attached hydrogens (primary N) is 1. The van der Waals surface area contributed by atoms with E-state index in [0.29, 0.717) is 12.2 Å². The van der Waals surface area contributed by atoms with Crippen molar-refractivity contribution in [2.45, 2.75) is 25.3 Å². The first kappa shape index (κ1) is 15.5. The van der Waals surface area contributed by atoms with Gasteiger partial charge in [-0.25, -0.2) is 8.42 Å². The van der Waals surface area contributed by atoms with Gasteiger partial charge >= 0.3 is 0 Å². The fourth-order valence-electron chi connectivity index (χ4n) is 2.24. The smallest absolute Gasteiger partial charge is 0.264 e. The third-order valence-corrected chi connectivity index (χ3v) is 5.29. The summed E-state index contributed by atoms with van der Waals surface area (Å²) in [4.78, 5) is 0.266. The van der Waals surface area contributed by atoms with E-state index in [-0.39, 0.29) is 4.90 Å². The first-order valence-corrected chi connectivity index (χ1v) is 8.15. The SMILES string of the molecule is Cc1ccc(N(C)S(=O)(=O)c2ccc(CN)cc2)c(C)c1. The number of rotatable bonds is 4. The maximum Gasteiger partial charge on any atom is 0.264 e. The van der Waals surface area contributed by atoms with Crippen molar-refractivity contribution in [3.8, 4) is 0 Å². The predicted molar refractivity (Wildman–Crippen MR) is 85.8 cm³/mol. The molecule has 0 unspecified atom stereocenters. The lowest BCUT2D eigenvalue weighted by atomic mass is 10.1. The fraction of sp³-hybridized carbons (Fsp3) is 0.250. The number of benzene rings is 2. The van der Waals surface area contributed by atoms with Crippen LogP contribution in [0.4, 0.5) is 5.69 Å². The largest absolute Gasteiger partial charge is 0.326 e. The molecule has 0 atom stereocenters. The van der Waals surface area contributed by atoms with E-state index < -0.39 is 10.0 Å². The number of sulfonamides is 1. The van der Waals surface area contributed by atoms with Crippen molar-refractivity contribution in [2.24, 2.45) is 5.73 Å². The Balaban J connectivity index is 2.42. The molecular formula is C16H20N2O2S. The van der Waals surface area contributed by atoms with E-state index >= 15 is 0 Å². The highest BCUT2D eigenvalue weighted by atomic mass is 32.2. The van der Waals surface area contributed by atoms with Gasteiger partial charge in [-0.3, -0.25) is 4.31 Å². The Hall–Kier alpha value is -1.85. The van der Waals surface area contributed by atoms with Crippen LogP contribution in [0.3, 0.4) is 0 Å². The molecule has 4 nitrogen and oxygen atoms in total. The molecule has 0 aliphatic heterocycles. The first-order valence-electron chi connectivity index (χ1n) is 6.71. The Morgan fingerprint density at radius 3 is 2.19 bits per heavy atom. The quantitative estimate of drug-likeness (QED) is 0.944. The minimum Gasteiger partial charge on any atom is -0.326 e. The van der Waals surface area contributed by atoms with Crippen LogP contribution in [0, 0.1) is 13.8 Å². The average molecular weight is 304 g/mol. The van der Waals surface area contributed by atoms with Crippen LogP contribution in [0.2, 0.25) is 0 Å². The molecule has 21 heavy (non-hydrogen) atoms.